The molecule has 0 aromatic carbocycles. The van der Waals surface area contributed by atoms with Gasteiger partial charge in [0.25, 0.3) is 0 Å². The number of carbonyl (C=O) groups is 2. The number of rotatable bonds is 7. The largest absolute Gasteiger partial charge is 0.480 e. The molecule has 5 nitrogen and oxygen atoms in total. The Labute approximate surface area is 103 Å². The van der Waals surface area contributed by atoms with Gasteiger partial charge in [-0.05, 0) is 25.7 Å². The first-order valence-corrected chi connectivity index (χ1v) is 6.20. The molecule has 0 saturated heterocycles. The summed E-state index contributed by atoms with van der Waals surface area (Å²) in [5.41, 5.74) is 0. The zero-order chi connectivity index (χ0) is 13.4. The van der Waals surface area contributed by atoms with E-state index in [1.165, 1.54) is 0 Å². The molecule has 0 saturated carbocycles. The summed E-state index contributed by atoms with van der Waals surface area (Å²) in [7, 11) is 0. The fourth-order valence-electron chi connectivity index (χ4n) is 1.61. The molecular weight excluding hydrogens is 220 g/mol. The van der Waals surface area contributed by atoms with Gasteiger partial charge in [-0.25, -0.2) is 9.59 Å². The van der Waals surface area contributed by atoms with Crippen LogP contribution >= 0.6 is 0 Å². The van der Waals surface area contributed by atoms with E-state index in [9.17, 15) is 9.59 Å². The lowest BCUT2D eigenvalue weighted by Gasteiger charge is -2.24. The Balaban J connectivity index is 4.42. The topological polar surface area (TPSA) is 69.6 Å². The summed E-state index contributed by atoms with van der Waals surface area (Å²) in [6.07, 6.45) is 1.31. The van der Waals surface area contributed by atoms with E-state index in [-0.39, 0.29) is 11.9 Å². The molecule has 0 rings (SSSR count). The fraction of sp³-hybridized carbons (Fsp3) is 0.833. The van der Waals surface area contributed by atoms with E-state index in [0.29, 0.717) is 19.5 Å². The van der Waals surface area contributed by atoms with Crippen LogP contribution in [0.25, 0.3) is 0 Å². The van der Waals surface area contributed by atoms with Crippen LogP contribution in [0.2, 0.25) is 0 Å². The first-order valence-electron chi connectivity index (χ1n) is 6.20. The van der Waals surface area contributed by atoms with Gasteiger partial charge < -0.3 is 15.3 Å². The molecule has 17 heavy (non-hydrogen) atoms. The van der Waals surface area contributed by atoms with Crippen LogP contribution < -0.4 is 5.32 Å². The molecule has 0 radical (unpaired) electrons. The minimum Gasteiger partial charge on any atom is -0.480 e. The molecule has 0 aromatic rings. The van der Waals surface area contributed by atoms with E-state index in [0.717, 1.165) is 6.42 Å². The van der Waals surface area contributed by atoms with Gasteiger partial charge in [-0.3, -0.25) is 0 Å². The number of carbonyl (C=O) groups excluding carboxylic acids is 1. The molecule has 0 aromatic heterocycles. The van der Waals surface area contributed by atoms with Crippen molar-refractivity contribution in [3.8, 4) is 0 Å². The van der Waals surface area contributed by atoms with Gasteiger partial charge in [0.1, 0.15) is 6.04 Å². The van der Waals surface area contributed by atoms with E-state index in [1.54, 1.807) is 4.90 Å². The maximum absolute atomic E-state index is 11.8. The van der Waals surface area contributed by atoms with Crippen LogP contribution in [0.5, 0.6) is 0 Å². The third-order valence-corrected chi connectivity index (χ3v) is 2.47. The number of hydrogen-bond donors (Lipinski definition) is 2. The molecule has 0 aliphatic carbocycles. The van der Waals surface area contributed by atoms with Crippen LogP contribution in [0.4, 0.5) is 4.79 Å². The highest BCUT2D eigenvalue weighted by atomic mass is 16.4. The predicted octanol–water partition coefficient (Wildman–Crippen LogP) is 1.93. The number of amides is 2. The molecule has 1 atom stereocenters. The molecule has 2 amide bonds. The molecule has 0 aliphatic rings. The summed E-state index contributed by atoms with van der Waals surface area (Å²) in [5.74, 6) is -0.739. The van der Waals surface area contributed by atoms with Crippen LogP contribution in [0, 0.1) is 5.92 Å². The summed E-state index contributed by atoms with van der Waals surface area (Å²) in [6.45, 7) is 8.98. The van der Waals surface area contributed by atoms with Crippen molar-refractivity contribution in [1.29, 1.82) is 0 Å². The quantitative estimate of drug-likeness (QED) is 0.719. The van der Waals surface area contributed by atoms with Gasteiger partial charge in [0.2, 0.25) is 0 Å². The summed E-state index contributed by atoms with van der Waals surface area (Å²) >= 11 is 0. The number of nitrogens with one attached hydrogen (secondary N) is 1. The average molecular weight is 244 g/mol. The van der Waals surface area contributed by atoms with E-state index in [1.807, 2.05) is 27.7 Å². The second kappa shape index (κ2) is 7.92. The Bertz CT molecular complexity index is 254. The number of carboxylic acids is 1. The van der Waals surface area contributed by atoms with Gasteiger partial charge in [0.05, 0.1) is 0 Å². The maximum atomic E-state index is 11.8. The molecular formula is C12H24N2O3. The standard InChI is InChI=1S/C12H24N2O3/c1-5-7-14(6-2)12(17)13-10(11(15)16)8-9(3)4/h9-10H,5-8H2,1-4H3,(H,13,17)(H,15,16)/t10-/m1/s1. The van der Waals surface area contributed by atoms with Gasteiger partial charge in [-0.2, -0.15) is 0 Å². The lowest BCUT2D eigenvalue weighted by atomic mass is 10.0. The van der Waals surface area contributed by atoms with Gasteiger partial charge in [-0.15, -0.1) is 0 Å². The van der Waals surface area contributed by atoms with E-state index in [4.69, 9.17) is 5.11 Å². The zero-order valence-corrected chi connectivity index (χ0v) is 11.2. The number of nitrogens with zero attached hydrogens (tertiary/aromatic N) is 1. The zero-order valence-electron chi connectivity index (χ0n) is 11.2. The minimum atomic E-state index is -0.973. The van der Waals surface area contributed by atoms with Crippen molar-refractivity contribution >= 4 is 12.0 Å². The highest BCUT2D eigenvalue weighted by Gasteiger charge is 2.22. The Morgan fingerprint density at radius 1 is 1.29 bits per heavy atom. The van der Waals surface area contributed by atoms with Crippen LogP contribution in [0.15, 0.2) is 0 Å². The first-order chi connectivity index (χ1) is 7.92. The SMILES string of the molecule is CCCN(CC)C(=O)N[C@H](CC(C)C)C(=O)O. The lowest BCUT2D eigenvalue weighted by molar-refractivity contribution is -0.139. The van der Waals surface area contributed by atoms with Crippen molar-refractivity contribution in [3.05, 3.63) is 0 Å². The number of hydrogen-bond acceptors (Lipinski definition) is 2. The van der Waals surface area contributed by atoms with Gasteiger partial charge >= 0.3 is 12.0 Å². The van der Waals surface area contributed by atoms with Crippen molar-refractivity contribution in [2.45, 2.75) is 46.6 Å². The summed E-state index contributed by atoms with van der Waals surface area (Å²) < 4.78 is 0. The highest BCUT2D eigenvalue weighted by molar-refractivity contribution is 5.82. The van der Waals surface area contributed by atoms with Crippen LogP contribution in [0.3, 0.4) is 0 Å². The molecule has 0 fully saturated rings. The maximum Gasteiger partial charge on any atom is 0.326 e. The predicted molar refractivity (Wildman–Crippen MR) is 66.9 cm³/mol. The van der Waals surface area contributed by atoms with E-state index >= 15 is 0 Å². The Morgan fingerprint density at radius 2 is 1.88 bits per heavy atom. The van der Waals surface area contributed by atoms with E-state index in [2.05, 4.69) is 5.32 Å². The number of aliphatic carboxylic acids is 1. The Morgan fingerprint density at radius 3 is 2.24 bits per heavy atom. The molecule has 2 N–H and O–H groups in total. The molecule has 5 heteroatoms. The van der Waals surface area contributed by atoms with Crippen molar-refractivity contribution in [2.24, 2.45) is 5.92 Å². The highest BCUT2D eigenvalue weighted by Crippen LogP contribution is 2.05. The molecule has 0 spiro atoms. The van der Waals surface area contributed by atoms with Crippen LogP contribution in [-0.2, 0) is 4.79 Å². The number of carboxylic acid groups (broad SMARTS) is 1. The first kappa shape index (κ1) is 15.7. The fourth-order valence-corrected chi connectivity index (χ4v) is 1.61. The van der Waals surface area contributed by atoms with Crippen molar-refractivity contribution in [2.75, 3.05) is 13.1 Å². The molecule has 100 valence electrons. The minimum absolute atomic E-state index is 0.234. The third-order valence-electron chi connectivity index (χ3n) is 2.47. The van der Waals surface area contributed by atoms with Gasteiger partial charge in [-0.1, -0.05) is 20.8 Å². The Hall–Kier alpha value is -1.26. The summed E-state index contributed by atoms with van der Waals surface area (Å²) in [4.78, 5) is 24.4. The van der Waals surface area contributed by atoms with Crippen LogP contribution in [-0.4, -0.2) is 41.1 Å². The third kappa shape index (κ3) is 6.14. The van der Waals surface area contributed by atoms with Gasteiger partial charge in [0.15, 0.2) is 0 Å². The summed E-state index contributed by atoms with van der Waals surface area (Å²) in [6, 6.07) is -1.09. The monoisotopic (exact) mass is 244 g/mol. The second-order valence-electron chi connectivity index (χ2n) is 4.55. The molecule has 0 aliphatic heterocycles. The molecule has 0 bridgehead atoms. The molecule has 0 unspecified atom stereocenters. The van der Waals surface area contributed by atoms with Gasteiger partial charge in [0, 0.05) is 13.1 Å². The van der Waals surface area contributed by atoms with Crippen molar-refractivity contribution in [1.82, 2.24) is 10.2 Å². The second-order valence-corrected chi connectivity index (χ2v) is 4.55. The van der Waals surface area contributed by atoms with Crippen LogP contribution in [0.1, 0.15) is 40.5 Å². The molecule has 0 heterocycles. The number of urea groups is 1. The van der Waals surface area contributed by atoms with Crippen molar-refractivity contribution in [3.63, 3.8) is 0 Å². The van der Waals surface area contributed by atoms with E-state index < -0.39 is 12.0 Å². The Kier molecular flexibility index (Phi) is 7.34. The lowest BCUT2D eigenvalue weighted by Crippen LogP contribution is -2.48. The summed E-state index contributed by atoms with van der Waals surface area (Å²) in [5, 5.41) is 11.6. The smallest absolute Gasteiger partial charge is 0.326 e. The van der Waals surface area contributed by atoms with Crippen molar-refractivity contribution < 1.29 is 14.7 Å². The normalized spacial score (nSPS) is 12.3. The average Bonchev–Trinajstić information content (AvgIpc) is 2.23.